The maximum atomic E-state index is 12.4. The molecule has 0 saturated heterocycles. The van der Waals surface area contributed by atoms with Crippen LogP contribution in [0, 0.1) is 0 Å². The Kier molecular flexibility index (Phi) is 4.15. The molecule has 1 aliphatic rings. The molecule has 0 unspecified atom stereocenters. The van der Waals surface area contributed by atoms with Crippen molar-refractivity contribution in [1.29, 1.82) is 0 Å². The lowest BCUT2D eigenvalue weighted by Crippen LogP contribution is -2.25. The standard InChI is InChI=1S/C16H14Cl2N2O/c17-12-4-2-5-13(18)15(12)16(21)20-14-6-1-3-10-9-19-8-7-11(10)14/h1-6,19H,7-9H2,(H,20,21). The number of benzene rings is 2. The van der Waals surface area contributed by atoms with Crippen molar-refractivity contribution in [3.8, 4) is 0 Å². The minimum Gasteiger partial charge on any atom is -0.322 e. The Morgan fingerprint density at radius 1 is 1.10 bits per heavy atom. The van der Waals surface area contributed by atoms with Crippen molar-refractivity contribution in [3.05, 3.63) is 63.1 Å². The minimum absolute atomic E-state index is 0.280. The molecule has 5 heteroatoms. The van der Waals surface area contributed by atoms with Crippen LogP contribution in [0.2, 0.25) is 10.0 Å². The van der Waals surface area contributed by atoms with Crippen molar-refractivity contribution >= 4 is 34.8 Å². The van der Waals surface area contributed by atoms with E-state index in [1.54, 1.807) is 18.2 Å². The van der Waals surface area contributed by atoms with E-state index in [1.807, 2.05) is 12.1 Å². The van der Waals surface area contributed by atoms with Gasteiger partial charge >= 0.3 is 0 Å². The molecular weight excluding hydrogens is 307 g/mol. The molecule has 2 N–H and O–H groups in total. The van der Waals surface area contributed by atoms with Crippen LogP contribution < -0.4 is 10.6 Å². The van der Waals surface area contributed by atoms with Crippen molar-refractivity contribution in [3.63, 3.8) is 0 Å². The molecule has 3 rings (SSSR count). The van der Waals surface area contributed by atoms with Crippen LogP contribution in [0.5, 0.6) is 0 Å². The zero-order chi connectivity index (χ0) is 14.8. The predicted molar refractivity (Wildman–Crippen MR) is 86.3 cm³/mol. The van der Waals surface area contributed by atoms with E-state index in [0.29, 0.717) is 15.6 Å². The van der Waals surface area contributed by atoms with Crippen molar-refractivity contribution in [2.75, 3.05) is 11.9 Å². The Balaban J connectivity index is 1.92. The zero-order valence-electron chi connectivity index (χ0n) is 11.2. The fraction of sp³-hybridized carbons (Fsp3) is 0.188. The molecule has 0 saturated carbocycles. The lowest BCUT2D eigenvalue weighted by atomic mass is 9.99. The predicted octanol–water partition coefficient (Wildman–Crippen LogP) is 3.89. The topological polar surface area (TPSA) is 41.1 Å². The average Bonchev–Trinajstić information content (AvgIpc) is 2.47. The largest absolute Gasteiger partial charge is 0.322 e. The Labute approximate surface area is 133 Å². The molecule has 0 spiro atoms. The maximum absolute atomic E-state index is 12.4. The van der Waals surface area contributed by atoms with E-state index < -0.39 is 0 Å². The van der Waals surface area contributed by atoms with Gasteiger partial charge in [0.2, 0.25) is 0 Å². The Bertz CT molecular complexity index is 680. The first-order valence-corrected chi connectivity index (χ1v) is 7.49. The van der Waals surface area contributed by atoms with E-state index in [0.717, 1.165) is 25.2 Å². The highest BCUT2D eigenvalue weighted by atomic mass is 35.5. The minimum atomic E-state index is -0.280. The van der Waals surface area contributed by atoms with Gasteiger partial charge in [0.05, 0.1) is 15.6 Å². The summed E-state index contributed by atoms with van der Waals surface area (Å²) in [6.07, 6.45) is 0.891. The van der Waals surface area contributed by atoms with E-state index in [9.17, 15) is 4.79 Å². The van der Waals surface area contributed by atoms with Gasteiger partial charge in [-0.2, -0.15) is 0 Å². The van der Waals surface area contributed by atoms with Crippen LogP contribution >= 0.6 is 23.2 Å². The van der Waals surface area contributed by atoms with Crippen LogP contribution in [0.15, 0.2) is 36.4 Å². The summed E-state index contributed by atoms with van der Waals surface area (Å²) in [7, 11) is 0. The molecule has 0 radical (unpaired) electrons. The van der Waals surface area contributed by atoms with E-state index in [4.69, 9.17) is 23.2 Å². The van der Waals surface area contributed by atoms with Gasteiger partial charge in [0, 0.05) is 12.2 Å². The van der Waals surface area contributed by atoms with Gasteiger partial charge < -0.3 is 10.6 Å². The first-order valence-electron chi connectivity index (χ1n) is 6.73. The third kappa shape index (κ3) is 2.91. The summed E-state index contributed by atoms with van der Waals surface area (Å²) in [6, 6.07) is 11.0. The quantitative estimate of drug-likeness (QED) is 0.881. The van der Waals surface area contributed by atoms with Crippen LogP contribution in [-0.2, 0) is 13.0 Å². The van der Waals surface area contributed by atoms with Crippen molar-refractivity contribution < 1.29 is 4.79 Å². The third-order valence-electron chi connectivity index (χ3n) is 3.58. The summed E-state index contributed by atoms with van der Waals surface area (Å²) < 4.78 is 0. The number of carbonyl (C=O) groups excluding carboxylic acids is 1. The normalized spacial score (nSPS) is 13.6. The SMILES string of the molecule is O=C(Nc1cccc2c1CCNC2)c1c(Cl)cccc1Cl. The molecular formula is C16H14Cl2N2O. The molecule has 0 atom stereocenters. The third-order valence-corrected chi connectivity index (χ3v) is 4.21. The van der Waals surface area contributed by atoms with Gasteiger partial charge in [-0.3, -0.25) is 4.79 Å². The Morgan fingerprint density at radius 2 is 1.81 bits per heavy atom. The van der Waals surface area contributed by atoms with E-state index in [1.165, 1.54) is 11.1 Å². The van der Waals surface area contributed by atoms with Crippen LogP contribution in [0.1, 0.15) is 21.5 Å². The number of halogens is 2. The number of amides is 1. The molecule has 3 nitrogen and oxygen atoms in total. The number of hydrogen-bond donors (Lipinski definition) is 2. The molecule has 0 fully saturated rings. The molecule has 1 amide bonds. The van der Waals surface area contributed by atoms with Crippen molar-refractivity contribution in [2.45, 2.75) is 13.0 Å². The highest BCUT2D eigenvalue weighted by molar-refractivity contribution is 6.40. The van der Waals surface area contributed by atoms with Crippen molar-refractivity contribution in [2.24, 2.45) is 0 Å². The Hall–Kier alpha value is -1.55. The smallest absolute Gasteiger partial charge is 0.258 e. The van der Waals surface area contributed by atoms with Gasteiger partial charge in [0.25, 0.3) is 5.91 Å². The number of carbonyl (C=O) groups is 1. The summed E-state index contributed by atoms with van der Waals surface area (Å²) in [5.74, 6) is -0.280. The second kappa shape index (κ2) is 6.06. The molecule has 1 aliphatic heterocycles. The lowest BCUT2D eigenvalue weighted by Gasteiger charge is -2.20. The Morgan fingerprint density at radius 3 is 2.57 bits per heavy atom. The van der Waals surface area contributed by atoms with Crippen LogP contribution in [0.4, 0.5) is 5.69 Å². The molecule has 21 heavy (non-hydrogen) atoms. The molecule has 0 bridgehead atoms. The number of rotatable bonds is 2. The summed E-state index contributed by atoms with van der Waals surface area (Å²) in [4.78, 5) is 12.4. The molecule has 0 aliphatic carbocycles. The van der Waals surface area contributed by atoms with Gasteiger partial charge in [0.1, 0.15) is 0 Å². The van der Waals surface area contributed by atoms with Gasteiger partial charge in [0.15, 0.2) is 0 Å². The lowest BCUT2D eigenvalue weighted by molar-refractivity contribution is 0.102. The summed E-state index contributed by atoms with van der Waals surface area (Å²) in [5, 5.41) is 6.96. The summed E-state index contributed by atoms with van der Waals surface area (Å²) in [6.45, 7) is 1.73. The van der Waals surface area contributed by atoms with E-state index in [2.05, 4.69) is 16.7 Å². The number of anilines is 1. The molecule has 2 aromatic rings. The number of fused-ring (bicyclic) bond motifs is 1. The zero-order valence-corrected chi connectivity index (χ0v) is 12.8. The van der Waals surface area contributed by atoms with Gasteiger partial charge in [-0.15, -0.1) is 0 Å². The molecule has 108 valence electrons. The van der Waals surface area contributed by atoms with E-state index in [-0.39, 0.29) is 5.91 Å². The highest BCUT2D eigenvalue weighted by Gasteiger charge is 2.18. The second-order valence-corrected chi connectivity index (χ2v) is 5.74. The van der Waals surface area contributed by atoms with Gasteiger partial charge in [-0.1, -0.05) is 41.4 Å². The highest BCUT2D eigenvalue weighted by Crippen LogP contribution is 2.27. The average molecular weight is 321 g/mol. The molecule has 2 aromatic carbocycles. The molecule has 0 aromatic heterocycles. The van der Waals surface area contributed by atoms with Crippen LogP contribution in [0.25, 0.3) is 0 Å². The monoisotopic (exact) mass is 320 g/mol. The van der Waals surface area contributed by atoms with Gasteiger partial charge in [-0.25, -0.2) is 0 Å². The van der Waals surface area contributed by atoms with Crippen LogP contribution in [0.3, 0.4) is 0 Å². The fourth-order valence-corrected chi connectivity index (χ4v) is 3.12. The first-order chi connectivity index (χ1) is 10.2. The summed E-state index contributed by atoms with van der Waals surface area (Å²) in [5.41, 5.74) is 3.53. The van der Waals surface area contributed by atoms with Gasteiger partial charge in [-0.05, 0) is 42.3 Å². The van der Waals surface area contributed by atoms with Crippen molar-refractivity contribution in [1.82, 2.24) is 5.32 Å². The fourth-order valence-electron chi connectivity index (χ4n) is 2.55. The van der Waals surface area contributed by atoms with E-state index >= 15 is 0 Å². The molecule has 1 heterocycles. The van der Waals surface area contributed by atoms with Crippen LogP contribution in [-0.4, -0.2) is 12.5 Å². The first kappa shape index (κ1) is 14.4. The maximum Gasteiger partial charge on any atom is 0.258 e. The summed E-state index contributed by atoms with van der Waals surface area (Å²) >= 11 is 12.2. The second-order valence-electron chi connectivity index (χ2n) is 4.92. The number of hydrogen-bond acceptors (Lipinski definition) is 2. The number of nitrogens with one attached hydrogen (secondary N) is 2.